The van der Waals surface area contributed by atoms with Crippen molar-refractivity contribution >= 4 is 33.8 Å². The van der Waals surface area contributed by atoms with E-state index in [0.717, 1.165) is 12.5 Å². The van der Waals surface area contributed by atoms with Gasteiger partial charge in [0.15, 0.2) is 16.6 Å². The molecule has 0 aliphatic rings. The van der Waals surface area contributed by atoms with Crippen LogP contribution in [-0.2, 0) is 12.3 Å². The Kier molecular flexibility index (Phi) is 23.8. The lowest BCUT2D eigenvalue weighted by molar-refractivity contribution is 0.289. The summed E-state index contributed by atoms with van der Waals surface area (Å²) in [5.74, 6) is 0. The van der Waals surface area contributed by atoms with E-state index in [9.17, 15) is 0 Å². The largest absolute Gasteiger partial charge is 0.437 e. The van der Waals surface area contributed by atoms with Gasteiger partial charge in [-0.2, -0.15) is 0 Å². The fourth-order valence-corrected chi connectivity index (χ4v) is 21.1. The predicted molar refractivity (Wildman–Crippen MR) is 129 cm³/mol. The van der Waals surface area contributed by atoms with Crippen LogP contribution in [0.25, 0.3) is 0 Å². The lowest BCUT2D eigenvalue weighted by atomic mass is 10.5. The van der Waals surface area contributed by atoms with Crippen LogP contribution in [0.3, 0.4) is 0 Å². The lowest BCUT2D eigenvalue weighted by Crippen LogP contribution is -2.55. The minimum absolute atomic E-state index is 0. The van der Waals surface area contributed by atoms with Crippen LogP contribution in [0.2, 0.25) is 65.0 Å². The van der Waals surface area contributed by atoms with Crippen LogP contribution in [0.5, 0.6) is 0 Å². The van der Waals surface area contributed by atoms with Crippen molar-refractivity contribution in [3.8, 4) is 0 Å². The topological polar surface area (TPSA) is 47.9 Å². The molecular weight excluding hydrogens is 381 g/mol. The van der Waals surface area contributed by atoms with Gasteiger partial charge in [0.05, 0.1) is 0 Å². The van der Waals surface area contributed by atoms with Crippen LogP contribution in [0.4, 0.5) is 0 Å². The molecule has 0 atom stereocenters. The molecule has 0 radical (unpaired) electrons. The molecule has 0 unspecified atom stereocenters. The maximum atomic E-state index is 8.98. The molecular formula is C17H54O4Si4. The quantitative estimate of drug-likeness (QED) is 0.395. The summed E-state index contributed by atoms with van der Waals surface area (Å²) in [6.07, 6.45) is 0.815. The standard InChI is InChI=1S/C12H34O4Si4.5CH4/c1-17(2,3)14-19(6,7)16-20(8,9)15-18(4,5)12-10-11-13;;;;;/h13H,10-12H2,1-9H3;5*1H4. The number of rotatable bonds is 9. The molecule has 0 aromatic rings. The first-order chi connectivity index (χ1) is 8.68. The van der Waals surface area contributed by atoms with E-state index in [2.05, 4.69) is 58.9 Å². The summed E-state index contributed by atoms with van der Waals surface area (Å²) < 4.78 is 19.0. The monoisotopic (exact) mass is 434 g/mol. The SMILES string of the molecule is C.C.C.C.C.C[Si](C)(C)O[Si](C)(C)O[Si](C)(C)O[Si](C)(C)CCCO. The average Bonchev–Trinajstić information content (AvgIpc) is 2.05. The second-order valence-corrected chi connectivity index (χ2v) is 24.1. The van der Waals surface area contributed by atoms with Crippen molar-refractivity contribution in [3.05, 3.63) is 0 Å². The molecule has 0 spiro atoms. The first kappa shape index (κ1) is 40.4. The molecule has 0 saturated carbocycles. The highest BCUT2D eigenvalue weighted by Crippen LogP contribution is 2.25. The van der Waals surface area contributed by atoms with Crippen molar-refractivity contribution < 1.29 is 17.5 Å². The highest BCUT2D eigenvalue weighted by Gasteiger charge is 2.42. The van der Waals surface area contributed by atoms with Crippen molar-refractivity contribution in [1.82, 2.24) is 0 Å². The normalized spacial score (nSPS) is 11.8. The molecule has 0 aliphatic heterocycles. The van der Waals surface area contributed by atoms with Crippen molar-refractivity contribution in [2.75, 3.05) is 6.61 Å². The van der Waals surface area contributed by atoms with E-state index < -0.39 is 33.8 Å². The number of aliphatic hydroxyl groups excluding tert-OH is 1. The van der Waals surface area contributed by atoms with Crippen LogP contribution >= 0.6 is 0 Å². The Labute approximate surface area is 166 Å². The molecule has 0 aliphatic carbocycles. The molecule has 0 fully saturated rings. The lowest BCUT2D eigenvalue weighted by Gasteiger charge is -2.40. The van der Waals surface area contributed by atoms with Crippen LogP contribution in [0.15, 0.2) is 0 Å². The third-order valence-electron chi connectivity index (χ3n) is 2.50. The van der Waals surface area contributed by atoms with Gasteiger partial charge in [-0.15, -0.1) is 0 Å². The van der Waals surface area contributed by atoms with Gasteiger partial charge in [-0.3, -0.25) is 0 Å². The summed E-state index contributed by atoms with van der Waals surface area (Å²) in [4.78, 5) is 0. The van der Waals surface area contributed by atoms with Crippen LogP contribution in [-0.4, -0.2) is 45.5 Å². The molecule has 1 N–H and O–H groups in total. The number of hydrogen-bond donors (Lipinski definition) is 1. The zero-order valence-corrected chi connectivity index (χ0v) is 18.8. The minimum atomic E-state index is -2.18. The van der Waals surface area contributed by atoms with E-state index in [1.54, 1.807) is 0 Å². The van der Waals surface area contributed by atoms with Gasteiger partial charge >= 0.3 is 17.1 Å². The van der Waals surface area contributed by atoms with E-state index in [0.29, 0.717) is 0 Å². The fraction of sp³-hybridized carbons (Fsp3) is 1.00. The highest BCUT2D eigenvalue weighted by molar-refractivity contribution is 6.89. The molecule has 0 rings (SSSR count). The molecule has 0 aromatic heterocycles. The Morgan fingerprint density at radius 3 is 1.28 bits per heavy atom. The van der Waals surface area contributed by atoms with Crippen molar-refractivity contribution in [3.63, 3.8) is 0 Å². The second-order valence-electron chi connectivity index (χ2n) is 7.81. The molecule has 0 amide bonds. The molecule has 25 heavy (non-hydrogen) atoms. The highest BCUT2D eigenvalue weighted by atomic mass is 28.5. The van der Waals surface area contributed by atoms with Gasteiger partial charge in [0.1, 0.15) is 0 Å². The average molecular weight is 435 g/mol. The maximum absolute atomic E-state index is 8.98. The molecule has 8 heteroatoms. The molecule has 162 valence electrons. The Bertz CT molecular complexity index is 304. The summed E-state index contributed by atoms with van der Waals surface area (Å²) in [7, 11) is -7.67. The predicted octanol–water partition coefficient (Wildman–Crippen LogP) is 7.04. The zero-order valence-electron chi connectivity index (χ0n) is 14.8. The van der Waals surface area contributed by atoms with Crippen LogP contribution < -0.4 is 0 Å². The van der Waals surface area contributed by atoms with Crippen molar-refractivity contribution in [2.24, 2.45) is 0 Å². The minimum Gasteiger partial charge on any atom is -0.437 e. The summed E-state index contributed by atoms with van der Waals surface area (Å²) in [6, 6.07) is 0.972. The van der Waals surface area contributed by atoms with E-state index in [1.165, 1.54) is 0 Å². The summed E-state index contributed by atoms with van der Waals surface area (Å²) in [5, 5.41) is 8.98. The summed E-state index contributed by atoms with van der Waals surface area (Å²) >= 11 is 0. The van der Waals surface area contributed by atoms with Gasteiger partial charge in [0, 0.05) is 6.61 Å². The maximum Gasteiger partial charge on any atom is 0.312 e. The summed E-state index contributed by atoms with van der Waals surface area (Å²) in [5.41, 5.74) is 0. The Hall–Kier alpha value is 0.708. The summed E-state index contributed by atoms with van der Waals surface area (Å²) in [6.45, 7) is 19.7. The van der Waals surface area contributed by atoms with Crippen LogP contribution in [0, 0.1) is 0 Å². The third-order valence-corrected chi connectivity index (χ3v) is 16.6. The number of hydrogen-bond acceptors (Lipinski definition) is 4. The van der Waals surface area contributed by atoms with E-state index in [-0.39, 0.29) is 43.7 Å². The van der Waals surface area contributed by atoms with Crippen molar-refractivity contribution in [1.29, 1.82) is 0 Å². The first-order valence-electron chi connectivity index (χ1n) is 7.39. The first-order valence-corrected chi connectivity index (χ1v) is 19.6. The van der Waals surface area contributed by atoms with Crippen LogP contribution in [0.1, 0.15) is 43.6 Å². The van der Waals surface area contributed by atoms with Gasteiger partial charge in [-0.25, -0.2) is 0 Å². The van der Waals surface area contributed by atoms with E-state index in [4.69, 9.17) is 17.5 Å². The zero-order chi connectivity index (χ0) is 16.2. The number of aliphatic hydroxyl groups is 1. The van der Waals surface area contributed by atoms with E-state index in [1.807, 2.05) is 0 Å². The van der Waals surface area contributed by atoms with Gasteiger partial charge in [0.25, 0.3) is 0 Å². The molecule has 0 heterocycles. The fourth-order valence-electron chi connectivity index (χ4n) is 2.59. The second kappa shape index (κ2) is 14.7. The van der Waals surface area contributed by atoms with Crippen molar-refractivity contribution in [2.45, 2.75) is 109 Å². The van der Waals surface area contributed by atoms with Gasteiger partial charge < -0.3 is 17.5 Å². The molecule has 0 saturated heterocycles. The Morgan fingerprint density at radius 2 is 0.960 bits per heavy atom. The van der Waals surface area contributed by atoms with Gasteiger partial charge in [-0.1, -0.05) is 37.1 Å². The molecule has 0 aromatic carbocycles. The smallest absolute Gasteiger partial charge is 0.312 e. The molecule has 4 nitrogen and oxygen atoms in total. The third kappa shape index (κ3) is 22.7. The Balaban J connectivity index is -0.000000180. The van der Waals surface area contributed by atoms with Gasteiger partial charge in [0.2, 0.25) is 0 Å². The Morgan fingerprint density at radius 1 is 0.600 bits per heavy atom. The molecule has 0 bridgehead atoms. The van der Waals surface area contributed by atoms with E-state index >= 15 is 0 Å². The van der Waals surface area contributed by atoms with Gasteiger partial charge in [-0.05, 0) is 71.4 Å².